The topological polar surface area (TPSA) is 72.7 Å². The van der Waals surface area contributed by atoms with Crippen molar-refractivity contribution in [3.8, 4) is 16.8 Å². The largest absolute Gasteiger partial charge is 0.347 e. The number of tetrazole rings is 1. The number of carbonyl (C=O) groups is 1. The zero-order valence-electron chi connectivity index (χ0n) is 15.7. The second-order valence-corrected chi connectivity index (χ2v) is 7.48. The summed E-state index contributed by atoms with van der Waals surface area (Å²) < 4.78 is 1.63. The van der Waals surface area contributed by atoms with Crippen LogP contribution in [0.4, 0.5) is 0 Å². The van der Waals surface area contributed by atoms with Crippen LogP contribution in [0.15, 0.2) is 42.5 Å². The molecule has 0 radical (unpaired) electrons. The van der Waals surface area contributed by atoms with Gasteiger partial charge in [-0.05, 0) is 74.4 Å². The molecule has 0 fully saturated rings. The second-order valence-electron chi connectivity index (χ2n) is 7.48. The minimum Gasteiger partial charge on any atom is -0.347 e. The lowest BCUT2D eigenvalue weighted by molar-refractivity contribution is 0.0919. The molecule has 1 aromatic heterocycles. The highest BCUT2D eigenvalue weighted by Gasteiger charge is 2.18. The Bertz CT molecular complexity index is 936. The number of nitrogens with zero attached hydrogens (tertiary/aromatic N) is 4. The van der Waals surface area contributed by atoms with Crippen LogP contribution in [0.3, 0.4) is 0 Å². The summed E-state index contributed by atoms with van der Waals surface area (Å²) in [5.41, 5.74) is 4.17. The normalized spacial score (nSPS) is 11.4. The van der Waals surface area contributed by atoms with Gasteiger partial charge in [0.05, 0.1) is 5.69 Å². The molecule has 0 saturated heterocycles. The molecule has 1 amide bonds. The fourth-order valence-electron chi connectivity index (χ4n) is 2.66. The number of carbonyl (C=O) groups excluding carboxylic acids is 1. The average molecular weight is 349 g/mol. The van der Waals surface area contributed by atoms with Gasteiger partial charge in [-0.2, -0.15) is 4.68 Å². The van der Waals surface area contributed by atoms with E-state index in [0.29, 0.717) is 11.4 Å². The molecule has 0 atom stereocenters. The first-order chi connectivity index (χ1) is 12.2. The Morgan fingerprint density at radius 2 is 1.69 bits per heavy atom. The molecule has 0 spiro atoms. The van der Waals surface area contributed by atoms with Crippen LogP contribution in [0.5, 0.6) is 0 Å². The molecule has 0 saturated carbocycles. The van der Waals surface area contributed by atoms with Crippen molar-refractivity contribution < 1.29 is 4.79 Å². The predicted octanol–water partition coefficient (Wildman–Crippen LogP) is 3.47. The van der Waals surface area contributed by atoms with Crippen LogP contribution >= 0.6 is 0 Å². The lowest BCUT2D eigenvalue weighted by Gasteiger charge is -2.21. The van der Waals surface area contributed by atoms with E-state index in [1.54, 1.807) is 4.68 Å². The SMILES string of the molecule is Cc1ccc(-c2cc(C(=O)NC(C)(C)C)cc(-n3nnnc3C)c2)cc1. The molecule has 134 valence electrons. The van der Waals surface area contributed by atoms with Gasteiger partial charge >= 0.3 is 0 Å². The number of rotatable bonds is 3. The summed E-state index contributed by atoms with van der Waals surface area (Å²) >= 11 is 0. The Kier molecular flexibility index (Phi) is 4.59. The van der Waals surface area contributed by atoms with Crippen molar-refractivity contribution in [2.75, 3.05) is 0 Å². The third-order valence-corrected chi connectivity index (χ3v) is 3.92. The molecule has 3 rings (SSSR count). The maximum Gasteiger partial charge on any atom is 0.251 e. The van der Waals surface area contributed by atoms with Crippen molar-refractivity contribution >= 4 is 5.91 Å². The highest BCUT2D eigenvalue weighted by Crippen LogP contribution is 2.25. The van der Waals surface area contributed by atoms with E-state index in [9.17, 15) is 4.79 Å². The van der Waals surface area contributed by atoms with E-state index in [2.05, 4.69) is 33.0 Å². The van der Waals surface area contributed by atoms with Gasteiger partial charge in [-0.3, -0.25) is 4.79 Å². The highest BCUT2D eigenvalue weighted by atomic mass is 16.1. The van der Waals surface area contributed by atoms with Gasteiger partial charge in [0.1, 0.15) is 0 Å². The van der Waals surface area contributed by atoms with Gasteiger partial charge in [0.25, 0.3) is 5.91 Å². The molecule has 6 nitrogen and oxygen atoms in total. The monoisotopic (exact) mass is 349 g/mol. The molecule has 3 aromatic rings. The highest BCUT2D eigenvalue weighted by molar-refractivity contribution is 5.96. The third-order valence-electron chi connectivity index (χ3n) is 3.92. The Labute approximate surface area is 153 Å². The molecular weight excluding hydrogens is 326 g/mol. The van der Waals surface area contributed by atoms with E-state index in [0.717, 1.165) is 16.8 Å². The fourth-order valence-corrected chi connectivity index (χ4v) is 2.66. The fraction of sp³-hybridized carbons (Fsp3) is 0.300. The number of amides is 1. The minimum absolute atomic E-state index is 0.126. The van der Waals surface area contributed by atoms with Crippen molar-refractivity contribution in [3.05, 3.63) is 59.4 Å². The van der Waals surface area contributed by atoms with Crippen LogP contribution < -0.4 is 5.32 Å². The van der Waals surface area contributed by atoms with Crippen LogP contribution in [0.1, 0.15) is 42.5 Å². The average Bonchev–Trinajstić information content (AvgIpc) is 2.99. The van der Waals surface area contributed by atoms with Gasteiger partial charge in [0, 0.05) is 11.1 Å². The summed E-state index contributed by atoms with van der Waals surface area (Å²) in [4.78, 5) is 12.7. The molecule has 0 aliphatic rings. The van der Waals surface area contributed by atoms with Crippen molar-refractivity contribution in [3.63, 3.8) is 0 Å². The Morgan fingerprint density at radius 1 is 1.00 bits per heavy atom. The van der Waals surface area contributed by atoms with Crippen molar-refractivity contribution in [1.29, 1.82) is 0 Å². The van der Waals surface area contributed by atoms with E-state index in [1.807, 2.05) is 65.0 Å². The van der Waals surface area contributed by atoms with Crippen LogP contribution in [0.25, 0.3) is 16.8 Å². The molecular formula is C20H23N5O. The summed E-state index contributed by atoms with van der Waals surface area (Å²) in [6, 6.07) is 13.9. The Hall–Kier alpha value is -3.02. The lowest BCUT2D eigenvalue weighted by Crippen LogP contribution is -2.40. The van der Waals surface area contributed by atoms with Gasteiger partial charge in [-0.15, -0.1) is 5.10 Å². The standard InChI is InChI=1S/C20H23N5O/c1-13-6-8-15(9-7-13)16-10-17(19(26)21-20(3,4)5)12-18(11-16)25-14(2)22-23-24-25/h6-12H,1-5H3,(H,21,26). The van der Waals surface area contributed by atoms with Gasteiger partial charge in [-0.1, -0.05) is 29.8 Å². The van der Waals surface area contributed by atoms with E-state index in [4.69, 9.17) is 0 Å². The summed E-state index contributed by atoms with van der Waals surface area (Å²) in [6.07, 6.45) is 0. The molecule has 6 heteroatoms. The van der Waals surface area contributed by atoms with Crippen molar-refractivity contribution in [2.24, 2.45) is 0 Å². The van der Waals surface area contributed by atoms with Crippen molar-refractivity contribution in [2.45, 2.75) is 40.2 Å². The zero-order valence-corrected chi connectivity index (χ0v) is 15.7. The van der Waals surface area contributed by atoms with Crippen LogP contribution in [0.2, 0.25) is 0 Å². The maximum absolute atomic E-state index is 12.7. The molecule has 0 bridgehead atoms. The Balaban J connectivity index is 2.12. The number of aromatic nitrogens is 4. The predicted molar refractivity (Wildman–Crippen MR) is 101 cm³/mol. The smallest absolute Gasteiger partial charge is 0.251 e. The molecule has 1 heterocycles. The number of hydrogen-bond donors (Lipinski definition) is 1. The number of aryl methyl sites for hydroxylation is 2. The van der Waals surface area contributed by atoms with Crippen LogP contribution in [-0.4, -0.2) is 31.7 Å². The van der Waals surface area contributed by atoms with E-state index in [1.165, 1.54) is 5.56 Å². The quantitative estimate of drug-likeness (QED) is 0.786. The molecule has 0 aliphatic heterocycles. The number of nitrogens with one attached hydrogen (secondary N) is 1. The van der Waals surface area contributed by atoms with E-state index < -0.39 is 0 Å². The zero-order chi connectivity index (χ0) is 18.9. The van der Waals surface area contributed by atoms with Gasteiger partial charge in [0.2, 0.25) is 0 Å². The number of benzene rings is 2. The van der Waals surface area contributed by atoms with E-state index >= 15 is 0 Å². The van der Waals surface area contributed by atoms with Crippen LogP contribution in [0, 0.1) is 13.8 Å². The van der Waals surface area contributed by atoms with Gasteiger partial charge < -0.3 is 5.32 Å². The molecule has 1 N–H and O–H groups in total. The van der Waals surface area contributed by atoms with Gasteiger partial charge in [0.15, 0.2) is 5.82 Å². The molecule has 0 aliphatic carbocycles. The maximum atomic E-state index is 12.7. The second kappa shape index (κ2) is 6.71. The Morgan fingerprint density at radius 3 is 2.27 bits per heavy atom. The third kappa shape index (κ3) is 3.96. The van der Waals surface area contributed by atoms with E-state index in [-0.39, 0.29) is 11.4 Å². The first-order valence-corrected chi connectivity index (χ1v) is 8.53. The minimum atomic E-state index is -0.318. The molecule has 2 aromatic carbocycles. The first-order valence-electron chi connectivity index (χ1n) is 8.53. The summed E-state index contributed by atoms with van der Waals surface area (Å²) in [5.74, 6) is 0.534. The summed E-state index contributed by atoms with van der Waals surface area (Å²) in [7, 11) is 0. The van der Waals surface area contributed by atoms with Crippen LogP contribution in [-0.2, 0) is 0 Å². The number of hydrogen-bond acceptors (Lipinski definition) is 4. The summed E-state index contributed by atoms with van der Waals surface area (Å²) in [6.45, 7) is 9.75. The lowest BCUT2D eigenvalue weighted by atomic mass is 10.00. The van der Waals surface area contributed by atoms with Gasteiger partial charge in [-0.25, -0.2) is 0 Å². The first kappa shape index (κ1) is 17.8. The van der Waals surface area contributed by atoms with Crippen molar-refractivity contribution in [1.82, 2.24) is 25.5 Å². The molecule has 26 heavy (non-hydrogen) atoms. The summed E-state index contributed by atoms with van der Waals surface area (Å²) in [5, 5.41) is 14.7. The molecule has 0 unspecified atom stereocenters.